The minimum Gasteiger partial charge on any atom is -0.377 e. The average Bonchev–Trinajstić information content (AvgIpc) is 3.23. The first-order valence-electron chi connectivity index (χ1n) is 10.9. The molecule has 1 N–H and O–H groups in total. The van der Waals surface area contributed by atoms with E-state index in [9.17, 15) is 10.1 Å². The number of fused-ring (bicyclic) bond motifs is 1. The Kier molecular flexibility index (Phi) is 7.02. The molecule has 1 amide bonds. The molecule has 9 heteroatoms. The van der Waals surface area contributed by atoms with Gasteiger partial charge in [-0.05, 0) is 47.7 Å². The largest absolute Gasteiger partial charge is 0.377 e. The summed E-state index contributed by atoms with van der Waals surface area (Å²) in [6, 6.07) is 9.88. The van der Waals surface area contributed by atoms with E-state index in [2.05, 4.69) is 21.4 Å². The van der Waals surface area contributed by atoms with E-state index < -0.39 is 0 Å². The molecule has 1 aromatic carbocycles. The molecule has 0 atom stereocenters. The quantitative estimate of drug-likeness (QED) is 0.416. The summed E-state index contributed by atoms with van der Waals surface area (Å²) in [6.45, 7) is 3.82. The van der Waals surface area contributed by atoms with Crippen molar-refractivity contribution >= 4 is 34.9 Å². The fourth-order valence-electron chi connectivity index (χ4n) is 3.98. The van der Waals surface area contributed by atoms with Crippen molar-refractivity contribution in [1.29, 1.82) is 5.26 Å². The minimum absolute atomic E-state index is 0.107. The molecule has 0 saturated carbocycles. The molecule has 1 saturated heterocycles. The predicted octanol–water partition coefficient (Wildman–Crippen LogP) is 2.91. The van der Waals surface area contributed by atoms with Gasteiger partial charge in [0.25, 0.3) is 0 Å². The number of pyridine rings is 1. The normalized spacial score (nSPS) is 16.2. The first kappa shape index (κ1) is 22.9. The number of ether oxygens (including phenoxy) is 1. The van der Waals surface area contributed by atoms with E-state index >= 15 is 0 Å². The second-order valence-corrected chi connectivity index (χ2v) is 8.26. The Hall–Kier alpha value is -3.28. The Morgan fingerprint density at radius 1 is 1.42 bits per heavy atom. The molecule has 0 bridgehead atoms. The molecule has 2 aliphatic rings. The van der Waals surface area contributed by atoms with Crippen LogP contribution in [0.4, 0.5) is 5.69 Å². The molecule has 8 nitrogen and oxygen atoms in total. The number of halogens is 1. The number of aromatic nitrogens is 1. The van der Waals surface area contributed by atoms with Crippen molar-refractivity contribution in [3.8, 4) is 6.07 Å². The first-order chi connectivity index (χ1) is 16.0. The Bertz CT molecular complexity index is 1170. The number of aliphatic imine (C=N–C) groups is 2. The van der Waals surface area contributed by atoms with Crippen LogP contribution in [0.5, 0.6) is 0 Å². The van der Waals surface area contributed by atoms with Gasteiger partial charge in [-0.25, -0.2) is 9.98 Å². The number of carbonyl (C=O) groups excluding carboxylic acids is 1. The molecule has 0 unspecified atom stereocenters. The molecule has 2 aliphatic heterocycles. The lowest BCUT2D eigenvalue weighted by atomic mass is 9.99. The van der Waals surface area contributed by atoms with Crippen LogP contribution in [-0.2, 0) is 22.4 Å². The number of nitrogens with one attached hydrogen (secondary N) is 1. The van der Waals surface area contributed by atoms with Gasteiger partial charge in [-0.1, -0.05) is 24.6 Å². The second-order valence-electron chi connectivity index (χ2n) is 7.91. The van der Waals surface area contributed by atoms with Crippen molar-refractivity contribution in [1.82, 2.24) is 10.3 Å². The van der Waals surface area contributed by atoms with Crippen molar-refractivity contribution in [2.45, 2.75) is 32.2 Å². The minimum atomic E-state index is -0.107. The number of guanidine groups is 1. The number of nitrogens with zero attached hydrogens (tertiary/aromatic N) is 5. The van der Waals surface area contributed by atoms with Crippen LogP contribution in [0.15, 0.2) is 40.4 Å². The van der Waals surface area contributed by atoms with Gasteiger partial charge in [0.2, 0.25) is 11.9 Å². The number of rotatable bonds is 5. The monoisotopic (exact) mass is 464 g/mol. The fourth-order valence-corrected chi connectivity index (χ4v) is 4.17. The molecule has 0 spiro atoms. The number of benzene rings is 1. The van der Waals surface area contributed by atoms with E-state index in [1.807, 2.05) is 19.1 Å². The highest BCUT2D eigenvalue weighted by Crippen LogP contribution is 2.34. The summed E-state index contributed by atoms with van der Waals surface area (Å²) in [5.41, 5.74) is 4.47. The van der Waals surface area contributed by atoms with Crippen LogP contribution < -0.4 is 10.2 Å². The molecule has 170 valence electrons. The zero-order chi connectivity index (χ0) is 23.4. The smallest absolute Gasteiger partial charge is 0.231 e. The van der Waals surface area contributed by atoms with Crippen LogP contribution in [0.3, 0.4) is 0 Å². The van der Waals surface area contributed by atoms with Crippen molar-refractivity contribution in [2.75, 3.05) is 31.7 Å². The number of nitriles is 1. The van der Waals surface area contributed by atoms with E-state index in [1.165, 1.54) is 0 Å². The fraction of sp³-hybridized carbons (Fsp3) is 0.375. The van der Waals surface area contributed by atoms with Crippen molar-refractivity contribution < 1.29 is 9.53 Å². The molecule has 0 radical (unpaired) electrons. The zero-order valence-electron chi connectivity index (χ0n) is 18.6. The van der Waals surface area contributed by atoms with Gasteiger partial charge >= 0.3 is 0 Å². The van der Waals surface area contributed by atoms with Crippen LogP contribution in [0, 0.1) is 11.3 Å². The molecule has 2 aromatic rings. The maximum Gasteiger partial charge on any atom is 0.231 e. The molecule has 0 aliphatic carbocycles. The average molecular weight is 465 g/mol. The van der Waals surface area contributed by atoms with Crippen LogP contribution >= 0.6 is 11.6 Å². The highest BCUT2D eigenvalue weighted by molar-refractivity contribution is 6.30. The van der Waals surface area contributed by atoms with Gasteiger partial charge in [-0.3, -0.25) is 9.79 Å². The van der Waals surface area contributed by atoms with Gasteiger partial charge < -0.3 is 15.0 Å². The van der Waals surface area contributed by atoms with Crippen molar-refractivity contribution in [2.24, 2.45) is 9.98 Å². The van der Waals surface area contributed by atoms with E-state index in [4.69, 9.17) is 21.3 Å². The lowest BCUT2D eigenvalue weighted by Crippen LogP contribution is -2.48. The van der Waals surface area contributed by atoms with Crippen molar-refractivity contribution in [3.63, 3.8) is 0 Å². The summed E-state index contributed by atoms with van der Waals surface area (Å²) in [4.78, 5) is 27.8. The van der Waals surface area contributed by atoms with Gasteiger partial charge in [-0.15, -0.1) is 0 Å². The summed E-state index contributed by atoms with van der Waals surface area (Å²) in [5, 5.41) is 13.5. The first-order valence-corrected chi connectivity index (χ1v) is 11.3. The Morgan fingerprint density at radius 3 is 2.88 bits per heavy atom. The number of hydrogen-bond donors (Lipinski definition) is 1. The van der Waals surface area contributed by atoms with Crippen LogP contribution in [0.25, 0.3) is 0 Å². The number of anilines is 1. The van der Waals surface area contributed by atoms with Crippen molar-refractivity contribution in [3.05, 3.63) is 57.9 Å². The number of carbonyl (C=O) groups is 1. The highest BCUT2D eigenvalue weighted by atomic mass is 35.5. The summed E-state index contributed by atoms with van der Waals surface area (Å²) in [6.07, 6.45) is 3.07. The molecular weight excluding hydrogens is 440 g/mol. The SMILES string of the molecule is CC/C(=N\C(=NC)NC1COC1)c1cc(C#N)c2c(c1)CCN2C(=O)Cc1cccnc1Cl. The Balaban J connectivity index is 1.61. The van der Waals surface area contributed by atoms with Gasteiger partial charge in [0.1, 0.15) is 11.2 Å². The zero-order valence-corrected chi connectivity index (χ0v) is 19.4. The lowest BCUT2D eigenvalue weighted by molar-refractivity contribution is -0.117. The van der Waals surface area contributed by atoms with Crippen LogP contribution in [-0.4, -0.2) is 55.4 Å². The van der Waals surface area contributed by atoms with E-state index in [0.717, 1.165) is 16.8 Å². The Labute approximate surface area is 198 Å². The molecule has 33 heavy (non-hydrogen) atoms. The van der Waals surface area contributed by atoms with Gasteiger partial charge in [0, 0.05) is 19.8 Å². The maximum absolute atomic E-state index is 13.1. The number of amides is 1. The molecule has 1 fully saturated rings. The van der Waals surface area contributed by atoms with Gasteiger partial charge in [-0.2, -0.15) is 5.26 Å². The van der Waals surface area contributed by atoms with Gasteiger partial charge in [0.15, 0.2) is 0 Å². The van der Waals surface area contributed by atoms with E-state index in [-0.39, 0.29) is 18.4 Å². The topological polar surface area (TPSA) is 103 Å². The third-order valence-corrected chi connectivity index (χ3v) is 6.10. The van der Waals surface area contributed by atoms with Crippen LogP contribution in [0.1, 0.15) is 35.6 Å². The molecule has 4 rings (SSSR count). The standard InChI is InChI=1S/C24H25ClN6O2/c1-3-20(30-24(27-2)29-19-13-33-14-19)17-9-15-6-8-31(22(15)18(10-17)12-26)21(32)11-16-5-4-7-28-23(16)25/h4-5,7,9-10,19H,3,6,8,11,13-14H2,1-2H3,(H,27,29)/b30-20+. The van der Waals surface area contributed by atoms with Crippen LogP contribution in [0.2, 0.25) is 5.15 Å². The third-order valence-electron chi connectivity index (χ3n) is 5.76. The summed E-state index contributed by atoms with van der Waals surface area (Å²) in [5.74, 6) is 0.439. The summed E-state index contributed by atoms with van der Waals surface area (Å²) >= 11 is 6.13. The van der Waals surface area contributed by atoms with E-state index in [0.29, 0.717) is 60.5 Å². The number of hydrogen-bond acceptors (Lipinski definition) is 5. The lowest BCUT2D eigenvalue weighted by Gasteiger charge is -2.27. The van der Waals surface area contributed by atoms with E-state index in [1.54, 1.807) is 30.3 Å². The Morgan fingerprint density at radius 2 is 2.24 bits per heavy atom. The summed E-state index contributed by atoms with van der Waals surface area (Å²) in [7, 11) is 1.69. The maximum atomic E-state index is 13.1. The predicted molar refractivity (Wildman–Crippen MR) is 128 cm³/mol. The highest BCUT2D eigenvalue weighted by Gasteiger charge is 2.29. The summed E-state index contributed by atoms with van der Waals surface area (Å²) < 4.78 is 5.21. The third kappa shape index (κ3) is 4.90. The van der Waals surface area contributed by atoms with Gasteiger partial charge in [0.05, 0.1) is 42.6 Å². The molecule has 1 aromatic heterocycles. The second kappa shape index (κ2) is 10.1. The molecule has 3 heterocycles. The molecular formula is C24H25ClN6O2.